The lowest BCUT2D eigenvalue weighted by Gasteiger charge is -2.00. The van der Waals surface area contributed by atoms with Crippen LogP contribution in [0.3, 0.4) is 0 Å². The van der Waals surface area contributed by atoms with E-state index in [1.807, 2.05) is 6.92 Å². The molecule has 0 aliphatic carbocycles. The maximum atomic E-state index is 5.42. The first-order valence-corrected chi connectivity index (χ1v) is 4.44. The summed E-state index contributed by atoms with van der Waals surface area (Å²) in [7, 11) is 0. The average Bonchev–Trinajstić information content (AvgIpc) is 2.19. The van der Waals surface area contributed by atoms with Crippen molar-refractivity contribution in [3.63, 3.8) is 0 Å². The van der Waals surface area contributed by atoms with E-state index in [1.165, 1.54) is 0 Å². The highest BCUT2D eigenvalue weighted by Crippen LogP contribution is 1.95. The Morgan fingerprint density at radius 3 is 2.62 bits per heavy atom. The fraction of sp³-hybridized carbons (Fsp3) is 0.556. The van der Waals surface area contributed by atoms with Gasteiger partial charge in [-0.2, -0.15) is 0 Å². The summed E-state index contributed by atoms with van der Waals surface area (Å²) in [5, 5.41) is 0. The van der Waals surface area contributed by atoms with Gasteiger partial charge in [0.25, 0.3) is 0 Å². The van der Waals surface area contributed by atoms with Crippen molar-refractivity contribution in [3.8, 4) is 0 Å². The minimum atomic E-state index is 0.492. The molecule has 0 aromatic carbocycles. The highest BCUT2D eigenvalue weighted by Gasteiger charge is 1.96. The molecule has 1 aromatic rings. The lowest BCUT2D eigenvalue weighted by atomic mass is 10.3. The number of hydrogen-bond acceptors (Lipinski definition) is 4. The molecule has 0 fully saturated rings. The Morgan fingerprint density at radius 1 is 1.38 bits per heavy atom. The Labute approximate surface area is 78.1 Å². The van der Waals surface area contributed by atoms with Gasteiger partial charge in [0.15, 0.2) is 0 Å². The predicted molar refractivity (Wildman–Crippen MR) is 50.1 cm³/mol. The summed E-state index contributed by atoms with van der Waals surface area (Å²) >= 11 is 0. The molecule has 0 saturated heterocycles. The van der Waals surface area contributed by atoms with Gasteiger partial charge in [-0.15, -0.1) is 0 Å². The molecule has 72 valence electrons. The van der Waals surface area contributed by atoms with Crippen molar-refractivity contribution in [1.82, 2.24) is 9.97 Å². The smallest absolute Gasteiger partial charge is 0.130 e. The van der Waals surface area contributed by atoms with Gasteiger partial charge in [0.2, 0.25) is 0 Å². The SMILES string of the molecule is CCOCCc1ncc(CN)cn1. The molecule has 1 rings (SSSR count). The van der Waals surface area contributed by atoms with Gasteiger partial charge in [-0.3, -0.25) is 0 Å². The van der Waals surface area contributed by atoms with Gasteiger partial charge < -0.3 is 10.5 Å². The normalized spacial score (nSPS) is 10.3. The summed E-state index contributed by atoms with van der Waals surface area (Å²) in [5.74, 6) is 0.811. The molecule has 4 heteroatoms. The maximum Gasteiger partial charge on any atom is 0.130 e. The molecule has 0 spiro atoms. The zero-order valence-corrected chi connectivity index (χ0v) is 7.86. The summed E-state index contributed by atoms with van der Waals surface area (Å²) in [4.78, 5) is 8.30. The third kappa shape index (κ3) is 3.48. The lowest BCUT2D eigenvalue weighted by Crippen LogP contribution is -2.04. The molecule has 1 aromatic heterocycles. The van der Waals surface area contributed by atoms with E-state index in [1.54, 1.807) is 12.4 Å². The minimum Gasteiger partial charge on any atom is -0.381 e. The zero-order valence-electron chi connectivity index (χ0n) is 7.86. The largest absolute Gasteiger partial charge is 0.381 e. The molecule has 0 unspecified atom stereocenters. The second-order valence-electron chi connectivity index (χ2n) is 2.66. The van der Waals surface area contributed by atoms with Crippen molar-refractivity contribution in [2.24, 2.45) is 5.73 Å². The van der Waals surface area contributed by atoms with Crippen LogP contribution in [0, 0.1) is 0 Å². The van der Waals surface area contributed by atoms with Crippen LogP contribution in [0.5, 0.6) is 0 Å². The lowest BCUT2D eigenvalue weighted by molar-refractivity contribution is 0.149. The molecule has 0 amide bonds. The van der Waals surface area contributed by atoms with Gasteiger partial charge in [0, 0.05) is 37.5 Å². The quantitative estimate of drug-likeness (QED) is 0.672. The van der Waals surface area contributed by atoms with Crippen molar-refractivity contribution in [1.29, 1.82) is 0 Å². The highest BCUT2D eigenvalue weighted by molar-refractivity contribution is 5.04. The van der Waals surface area contributed by atoms with Crippen LogP contribution < -0.4 is 5.73 Å². The van der Waals surface area contributed by atoms with Crippen LogP contribution in [-0.4, -0.2) is 23.2 Å². The molecule has 0 bridgehead atoms. The van der Waals surface area contributed by atoms with E-state index in [2.05, 4.69) is 9.97 Å². The summed E-state index contributed by atoms with van der Waals surface area (Å²) in [6.07, 6.45) is 4.28. The molecule has 2 N–H and O–H groups in total. The molecule has 1 heterocycles. The van der Waals surface area contributed by atoms with E-state index in [9.17, 15) is 0 Å². The van der Waals surface area contributed by atoms with E-state index in [0.29, 0.717) is 13.2 Å². The van der Waals surface area contributed by atoms with Crippen molar-refractivity contribution in [2.45, 2.75) is 19.9 Å². The second kappa shape index (κ2) is 5.61. The first-order valence-electron chi connectivity index (χ1n) is 4.44. The molecule has 0 atom stereocenters. The van der Waals surface area contributed by atoms with Crippen LogP contribution in [0.15, 0.2) is 12.4 Å². The van der Waals surface area contributed by atoms with E-state index in [-0.39, 0.29) is 0 Å². The number of nitrogens with zero attached hydrogens (tertiary/aromatic N) is 2. The van der Waals surface area contributed by atoms with E-state index in [4.69, 9.17) is 10.5 Å². The van der Waals surface area contributed by atoms with Crippen molar-refractivity contribution < 1.29 is 4.74 Å². The molecule has 0 aliphatic rings. The Morgan fingerprint density at radius 2 is 2.08 bits per heavy atom. The fourth-order valence-electron chi connectivity index (χ4n) is 0.924. The Balaban J connectivity index is 2.40. The van der Waals surface area contributed by atoms with E-state index in [0.717, 1.165) is 24.4 Å². The summed E-state index contributed by atoms with van der Waals surface area (Å²) in [5.41, 5.74) is 6.38. The van der Waals surface area contributed by atoms with Crippen LogP contribution in [0.25, 0.3) is 0 Å². The summed E-state index contributed by atoms with van der Waals surface area (Å²) in [6.45, 7) is 3.88. The van der Waals surface area contributed by atoms with Gasteiger partial charge in [-0.1, -0.05) is 0 Å². The third-order valence-electron chi connectivity index (χ3n) is 1.67. The van der Waals surface area contributed by atoms with Crippen LogP contribution in [-0.2, 0) is 17.7 Å². The topological polar surface area (TPSA) is 61.0 Å². The Hall–Kier alpha value is -1.00. The van der Waals surface area contributed by atoms with Crippen LogP contribution in [0.4, 0.5) is 0 Å². The van der Waals surface area contributed by atoms with Gasteiger partial charge in [-0.25, -0.2) is 9.97 Å². The number of aromatic nitrogens is 2. The average molecular weight is 181 g/mol. The predicted octanol–water partition coefficient (Wildman–Crippen LogP) is 0.514. The zero-order chi connectivity index (χ0) is 9.52. The standard InChI is InChI=1S/C9H15N3O/c1-2-13-4-3-9-11-6-8(5-10)7-12-9/h6-7H,2-5,10H2,1H3. The molecule has 0 saturated carbocycles. The van der Waals surface area contributed by atoms with Crippen molar-refractivity contribution in [2.75, 3.05) is 13.2 Å². The summed E-state index contributed by atoms with van der Waals surface area (Å²) in [6, 6.07) is 0. The minimum absolute atomic E-state index is 0.492. The number of hydrogen-bond donors (Lipinski definition) is 1. The van der Waals surface area contributed by atoms with E-state index >= 15 is 0 Å². The van der Waals surface area contributed by atoms with Crippen LogP contribution in [0.2, 0.25) is 0 Å². The van der Waals surface area contributed by atoms with Gasteiger partial charge in [0.1, 0.15) is 5.82 Å². The maximum absolute atomic E-state index is 5.42. The molecule has 0 radical (unpaired) electrons. The molecule has 13 heavy (non-hydrogen) atoms. The highest BCUT2D eigenvalue weighted by atomic mass is 16.5. The Bertz CT molecular complexity index is 235. The monoisotopic (exact) mass is 181 g/mol. The Kier molecular flexibility index (Phi) is 4.35. The first-order chi connectivity index (χ1) is 6.36. The molecular weight excluding hydrogens is 166 g/mol. The fourth-order valence-corrected chi connectivity index (χ4v) is 0.924. The first kappa shape index (κ1) is 10.1. The molecule has 0 aliphatic heterocycles. The van der Waals surface area contributed by atoms with Crippen LogP contribution >= 0.6 is 0 Å². The van der Waals surface area contributed by atoms with Gasteiger partial charge >= 0.3 is 0 Å². The third-order valence-corrected chi connectivity index (χ3v) is 1.67. The van der Waals surface area contributed by atoms with Crippen molar-refractivity contribution in [3.05, 3.63) is 23.8 Å². The molecule has 4 nitrogen and oxygen atoms in total. The van der Waals surface area contributed by atoms with Crippen molar-refractivity contribution >= 4 is 0 Å². The van der Waals surface area contributed by atoms with Crippen LogP contribution in [0.1, 0.15) is 18.3 Å². The number of rotatable bonds is 5. The number of ether oxygens (including phenoxy) is 1. The van der Waals surface area contributed by atoms with Gasteiger partial charge in [-0.05, 0) is 6.92 Å². The molecular formula is C9H15N3O. The summed E-state index contributed by atoms with van der Waals surface area (Å²) < 4.78 is 5.19. The van der Waals surface area contributed by atoms with E-state index < -0.39 is 0 Å². The second-order valence-corrected chi connectivity index (χ2v) is 2.66. The van der Waals surface area contributed by atoms with Gasteiger partial charge in [0.05, 0.1) is 6.61 Å². The number of nitrogens with two attached hydrogens (primary N) is 1.